The molecule has 0 amide bonds. The highest BCUT2D eigenvalue weighted by Crippen LogP contribution is 1.95. The Hall–Kier alpha value is 1.08. The van der Waals surface area contributed by atoms with E-state index in [0.29, 0.717) is 0 Å². The Labute approximate surface area is 44.5 Å². The second kappa shape index (κ2) is 4.08. The number of hydrogen-bond acceptors (Lipinski definition) is 1. The van der Waals surface area contributed by atoms with Crippen molar-refractivity contribution in [2.24, 2.45) is 0 Å². The van der Waals surface area contributed by atoms with Crippen molar-refractivity contribution >= 4 is 34.4 Å². The van der Waals surface area contributed by atoms with Crippen LogP contribution in [0.1, 0.15) is 0 Å². The molecule has 0 spiro atoms. The van der Waals surface area contributed by atoms with Gasteiger partial charge in [-0.25, -0.2) is 0 Å². The molecular formula is C2H5IS. The van der Waals surface area contributed by atoms with Gasteiger partial charge in [-0.3, -0.25) is 0 Å². The van der Waals surface area contributed by atoms with Gasteiger partial charge in [-0.1, -0.05) is 22.6 Å². The van der Waals surface area contributed by atoms with Gasteiger partial charge in [0.25, 0.3) is 0 Å². The van der Waals surface area contributed by atoms with Crippen molar-refractivity contribution in [3.8, 4) is 0 Å². The van der Waals surface area contributed by atoms with Crippen LogP contribution in [-0.4, -0.2) is 10.0 Å². The standard InChI is InChI=1S/C2H5IS/c1-4-2-3/h2H2,1H3. The molecule has 2 heteroatoms. The minimum absolute atomic E-state index is 1.21. The van der Waals surface area contributed by atoms with E-state index in [9.17, 15) is 0 Å². The molecule has 0 N–H and O–H groups in total. The monoisotopic (exact) mass is 188 g/mol. The summed E-state index contributed by atoms with van der Waals surface area (Å²) in [5.41, 5.74) is 0. The third kappa shape index (κ3) is 3.08. The van der Waals surface area contributed by atoms with Crippen molar-refractivity contribution in [2.75, 3.05) is 10.0 Å². The molecule has 0 aliphatic heterocycles. The Morgan fingerprint density at radius 1 is 2.00 bits per heavy atom. The normalized spacial score (nSPS) is 7.50. The Bertz CT molecular complexity index is 8.00. The van der Waals surface area contributed by atoms with Crippen LogP contribution in [-0.2, 0) is 0 Å². The molecule has 0 saturated carbocycles. The summed E-state index contributed by atoms with van der Waals surface area (Å²) in [6.07, 6.45) is 2.09. The second-order valence-electron chi connectivity index (χ2n) is 0.398. The van der Waals surface area contributed by atoms with Gasteiger partial charge in [-0.15, -0.1) is 0 Å². The van der Waals surface area contributed by atoms with Crippen LogP contribution < -0.4 is 0 Å². The van der Waals surface area contributed by atoms with Gasteiger partial charge in [0, 0.05) is 3.76 Å². The third-order valence-corrected chi connectivity index (χ3v) is 2.20. The molecule has 0 saturated heterocycles. The van der Waals surface area contributed by atoms with Crippen molar-refractivity contribution in [1.29, 1.82) is 0 Å². The smallest absolute Gasteiger partial charge is 0.0451 e. The van der Waals surface area contributed by atoms with Crippen molar-refractivity contribution in [3.05, 3.63) is 0 Å². The van der Waals surface area contributed by atoms with Gasteiger partial charge in [-0.05, 0) is 6.26 Å². The molecule has 0 aliphatic rings. The molecular weight excluding hydrogens is 183 g/mol. The molecule has 0 rings (SSSR count). The number of rotatable bonds is 1. The summed E-state index contributed by atoms with van der Waals surface area (Å²) in [6.45, 7) is 0. The molecule has 0 unspecified atom stereocenters. The van der Waals surface area contributed by atoms with Gasteiger partial charge < -0.3 is 0 Å². The van der Waals surface area contributed by atoms with E-state index in [2.05, 4.69) is 28.8 Å². The van der Waals surface area contributed by atoms with Crippen LogP contribution in [0, 0.1) is 0 Å². The van der Waals surface area contributed by atoms with Gasteiger partial charge in [0.1, 0.15) is 0 Å². The highest BCUT2D eigenvalue weighted by Gasteiger charge is 1.57. The average Bonchev–Trinajstić information content (AvgIpc) is 1.37. The molecule has 0 heterocycles. The largest absolute Gasteiger partial charge is 0.155 e. The third-order valence-electron chi connectivity index (χ3n) is 0.109. The highest BCUT2D eigenvalue weighted by molar-refractivity contribution is 14.1. The lowest BCUT2D eigenvalue weighted by Gasteiger charge is -1.67. The molecule has 0 radical (unpaired) electrons. The molecule has 4 heavy (non-hydrogen) atoms. The van der Waals surface area contributed by atoms with Crippen LogP contribution in [0.2, 0.25) is 0 Å². The predicted molar refractivity (Wildman–Crippen MR) is 32.4 cm³/mol. The topological polar surface area (TPSA) is 0 Å². The highest BCUT2D eigenvalue weighted by atomic mass is 127. The maximum absolute atomic E-state index is 2.31. The van der Waals surface area contributed by atoms with E-state index in [-0.39, 0.29) is 0 Å². The van der Waals surface area contributed by atoms with E-state index in [1.54, 1.807) is 0 Å². The lowest BCUT2D eigenvalue weighted by Crippen LogP contribution is -1.43. The zero-order valence-corrected chi connectivity index (χ0v) is 5.47. The molecule has 0 fully saturated rings. The quantitative estimate of drug-likeness (QED) is 0.446. The first-order chi connectivity index (χ1) is 1.91. The summed E-state index contributed by atoms with van der Waals surface area (Å²) in [4.78, 5) is 0. The van der Waals surface area contributed by atoms with E-state index < -0.39 is 0 Å². The average molecular weight is 188 g/mol. The van der Waals surface area contributed by atoms with Gasteiger partial charge in [-0.2, -0.15) is 11.8 Å². The van der Waals surface area contributed by atoms with Crippen LogP contribution in [0.5, 0.6) is 0 Å². The zero-order chi connectivity index (χ0) is 3.41. The number of alkyl halides is 1. The maximum atomic E-state index is 2.31. The maximum Gasteiger partial charge on any atom is 0.0451 e. The number of hydrogen-bond donors (Lipinski definition) is 0. The summed E-state index contributed by atoms with van der Waals surface area (Å²) < 4.78 is 1.21. The Balaban J connectivity index is 1.97. The molecule has 26 valence electrons. The summed E-state index contributed by atoms with van der Waals surface area (Å²) in [5.74, 6) is 0. The van der Waals surface area contributed by atoms with Crippen molar-refractivity contribution in [2.45, 2.75) is 0 Å². The van der Waals surface area contributed by atoms with Gasteiger partial charge in [0.05, 0.1) is 0 Å². The van der Waals surface area contributed by atoms with Crippen molar-refractivity contribution < 1.29 is 0 Å². The van der Waals surface area contributed by atoms with Crippen molar-refractivity contribution in [1.82, 2.24) is 0 Å². The lowest BCUT2D eigenvalue weighted by molar-refractivity contribution is 2.33. The Kier molecular flexibility index (Phi) is 5.18. The number of halogens is 1. The first-order valence-electron chi connectivity index (χ1n) is 0.964. The summed E-state index contributed by atoms with van der Waals surface area (Å²) in [6, 6.07) is 0. The molecule has 0 aromatic rings. The summed E-state index contributed by atoms with van der Waals surface area (Å²) >= 11 is 4.16. The Morgan fingerprint density at radius 2 is 2.25 bits per heavy atom. The van der Waals surface area contributed by atoms with E-state index in [4.69, 9.17) is 0 Å². The molecule has 0 aliphatic carbocycles. The van der Waals surface area contributed by atoms with E-state index in [0.717, 1.165) is 0 Å². The van der Waals surface area contributed by atoms with E-state index >= 15 is 0 Å². The molecule has 0 nitrogen and oxygen atoms in total. The summed E-state index contributed by atoms with van der Waals surface area (Å²) in [7, 11) is 0. The van der Waals surface area contributed by atoms with Gasteiger partial charge >= 0.3 is 0 Å². The van der Waals surface area contributed by atoms with Crippen LogP contribution in [0.25, 0.3) is 0 Å². The minimum atomic E-state index is 1.21. The second-order valence-corrected chi connectivity index (χ2v) is 3.06. The minimum Gasteiger partial charge on any atom is -0.155 e. The first kappa shape index (κ1) is 5.08. The summed E-state index contributed by atoms with van der Waals surface area (Å²) in [5, 5.41) is 0. The van der Waals surface area contributed by atoms with Crippen LogP contribution >= 0.6 is 34.4 Å². The molecule has 0 aromatic carbocycles. The van der Waals surface area contributed by atoms with Crippen LogP contribution in [0.15, 0.2) is 0 Å². The SMILES string of the molecule is CSCI. The Morgan fingerprint density at radius 3 is 2.25 bits per heavy atom. The lowest BCUT2D eigenvalue weighted by atomic mass is 11.9. The van der Waals surface area contributed by atoms with E-state index in [1.165, 1.54) is 3.76 Å². The van der Waals surface area contributed by atoms with E-state index in [1.807, 2.05) is 11.8 Å². The number of thioether (sulfide) groups is 1. The zero-order valence-electron chi connectivity index (χ0n) is 2.49. The van der Waals surface area contributed by atoms with Crippen molar-refractivity contribution in [3.63, 3.8) is 0 Å². The van der Waals surface area contributed by atoms with Crippen LogP contribution in [0.3, 0.4) is 0 Å². The molecule has 0 bridgehead atoms. The first-order valence-corrected chi connectivity index (χ1v) is 3.88. The van der Waals surface area contributed by atoms with Gasteiger partial charge in [0.15, 0.2) is 0 Å². The molecule has 0 aromatic heterocycles. The molecule has 0 atom stereocenters. The predicted octanol–water partition coefficient (Wildman–Crippen LogP) is 1.74. The fraction of sp³-hybridized carbons (Fsp3) is 1.00. The fourth-order valence-electron chi connectivity index (χ4n) is 0. The fourth-order valence-corrected chi connectivity index (χ4v) is 0. The van der Waals surface area contributed by atoms with Crippen LogP contribution in [0.4, 0.5) is 0 Å². The van der Waals surface area contributed by atoms with Gasteiger partial charge in [0.2, 0.25) is 0 Å².